The van der Waals surface area contributed by atoms with Gasteiger partial charge in [-0.15, -0.1) is 0 Å². The summed E-state index contributed by atoms with van der Waals surface area (Å²) in [5.41, 5.74) is 1.13. The molecule has 2 amide bonds. The fourth-order valence-electron chi connectivity index (χ4n) is 2.58. The number of aromatic hydroxyl groups is 1. The van der Waals surface area contributed by atoms with E-state index in [2.05, 4.69) is 21.1 Å². The Bertz CT molecular complexity index is 992. The number of amides is 2. The number of anilines is 1. The Morgan fingerprint density at radius 2 is 1.84 bits per heavy atom. The van der Waals surface area contributed by atoms with Gasteiger partial charge in [0.2, 0.25) is 5.91 Å². The van der Waals surface area contributed by atoms with E-state index in [1.807, 2.05) is 0 Å². The summed E-state index contributed by atoms with van der Waals surface area (Å²) >= 11 is 11.8. The number of rotatable bonds is 9. The lowest BCUT2D eigenvalue weighted by Crippen LogP contribution is -2.39. The maximum atomic E-state index is 12.3. The summed E-state index contributed by atoms with van der Waals surface area (Å²) < 4.78 is 0. The topological polar surface area (TPSA) is 166 Å². The highest BCUT2D eigenvalue weighted by atomic mass is 35.5. The molecule has 0 heterocycles. The van der Waals surface area contributed by atoms with Gasteiger partial charge in [0.1, 0.15) is 6.34 Å². The predicted octanol–water partition coefficient (Wildman–Crippen LogP) is 2.07. The van der Waals surface area contributed by atoms with Crippen LogP contribution in [0.15, 0.2) is 41.5 Å². The smallest absolute Gasteiger partial charge is 0.305 e. The van der Waals surface area contributed by atoms with Gasteiger partial charge in [0.25, 0.3) is 5.91 Å². The zero-order chi connectivity index (χ0) is 23.0. The van der Waals surface area contributed by atoms with Gasteiger partial charge in [-0.05, 0) is 35.9 Å². The number of phenols is 1. The number of hydrogen-bond acceptors (Lipinski definition) is 6. The van der Waals surface area contributed by atoms with Crippen LogP contribution in [0.25, 0.3) is 0 Å². The standard InChI is InChI=1S/C19H19Cl2N5O5/c20-13-5-11(6-14(21)18(13)30)15(7-17(28)29)26-16(27)8-23-19(31)10-2-1-3-12(4-10)24-9-25-22/h1-6,9,15,30H,7-8,22H2,(H,23,31)(H,24,25)(H,26,27)(H,28,29). The molecule has 0 aliphatic carbocycles. The highest BCUT2D eigenvalue weighted by molar-refractivity contribution is 6.37. The number of benzene rings is 2. The number of nitrogens with two attached hydrogens (primary N) is 1. The van der Waals surface area contributed by atoms with Crippen LogP contribution in [0.2, 0.25) is 10.0 Å². The summed E-state index contributed by atoms with van der Waals surface area (Å²) in [6, 6.07) is 8.02. The van der Waals surface area contributed by atoms with Gasteiger partial charge in [-0.25, -0.2) is 0 Å². The third-order valence-corrected chi connectivity index (χ3v) is 4.57. The number of nitrogens with one attached hydrogen (secondary N) is 3. The Hall–Kier alpha value is -3.50. The van der Waals surface area contributed by atoms with Crippen molar-refractivity contribution in [3.05, 3.63) is 57.6 Å². The van der Waals surface area contributed by atoms with Gasteiger partial charge in [-0.2, -0.15) is 5.10 Å². The molecule has 0 aliphatic heterocycles. The SMILES string of the molecule is NN=CNc1cccc(C(=O)NCC(=O)NC(CC(=O)O)c2cc(Cl)c(O)c(Cl)c2)c1. The van der Waals surface area contributed by atoms with E-state index in [1.54, 1.807) is 18.2 Å². The molecular weight excluding hydrogens is 449 g/mol. The second kappa shape index (κ2) is 11.0. The van der Waals surface area contributed by atoms with Crippen molar-refractivity contribution in [3.63, 3.8) is 0 Å². The van der Waals surface area contributed by atoms with E-state index in [0.29, 0.717) is 5.69 Å². The molecule has 0 radical (unpaired) electrons. The summed E-state index contributed by atoms with van der Waals surface area (Å²) in [7, 11) is 0. The van der Waals surface area contributed by atoms with E-state index in [9.17, 15) is 19.5 Å². The van der Waals surface area contributed by atoms with E-state index in [1.165, 1.54) is 24.5 Å². The largest absolute Gasteiger partial charge is 0.505 e. The maximum absolute atomic E-state index is 12.3. The summed E-state index contributed by atoms with van der Waals surface area (Å²) in [5.74, 6) is 2.32. The molecule has 0 spiro atoms. The molecule has 0 saturated carbocycles. The molecule has 10 nitrogen and oxygen atoms in total. The van der Waals surface area contributed by atoms with Crippen LogP contribution in [-0.2, 0) is 9.59 Å². The van der Waals surface area contributed by atoms with Crippen LogP contribution in [0.5, 0.6) is 5.75 Å². The first kappa shape index (κ1) is 23.8. The molecule has 1 unspecified atom stereocenters. The van der Waals surface area contributed by atoms with Crippen molar-refractivity contribution in [3.8, 4) is 5.75 Å². The maximum Gasteiger partial charge on any atom is 0.305 e. The van der Waals surface area contributed by atoms with Gasteiger partial charge in [0.15, 0.2) is 5.75 Å². The van der Waals surface area contributed by atoms with Crippen LogP contribution in [0.1, 0.15) is 28.4 Å². The molecule has 2 rings (SSSR count). The quantitative estimate of drug-likeness (QED) is 0.142. The van der Waals surface area contributed by atoms with Crippen molar-refractivity contribution in [1.82, 2.24) is 10.6 Å². The summed E-state index contributed by atoms with van der Waals surface area (Å²) in [4.78, 5) is 35.8. The van der Waals surface area contributed by atoms with Gasteiger partial charge in [-0.1, -0.05) is 29.3 Å². The third kappa shape index (κ3) is 7.05. The molecule has 0 aliphatic rings. The van der Waals surface area contributed by atoms with Gasteiger partial charge in [-0.3, -0.25) is 14.4 Å². The fourth-order valence-corrected chi connectivity index (χ4v) is 3.09. The van der Waals surface area contributed by atoms with Gasteiger partial charge in [0.05, 0.1) is 29.1 Å². The number of hydrogen-bond donors (Lipinski definition) is 6. The highest BCUT2D eigenvalue weighted by Crippen LogP contribution is 2.35. The van der Waals surface area contributed by atoms with Crippen LogP contribution in [0.4, 0.5) is 5.69 Å². The van der Waals surface area contributed by atoms with E-state index < -0.39 is 36.8 Å². The van der Waals surface area contributed by atoms with Crippen molar-refractivity contribution < 1.29 is 24.6 Å². The molecule has 164 valence electrons. The number of carboxylic acids is 1. The van der Waals surface area contributed by atoms with Crippen molar-refractivity contribution in [2.45, 2.75) is 12.5 Å². The highest BCUT2D eigenvalue weighted by Gasteiger charge is 2.21. The molecule has 31 heavy (non-hydrogen) atoms. The number of hydrazone groups is 1. The fraction of sp³-hybridized carbons (Fsp3) is 0.158. The van der Waals surface area contributed by atoms with Crippen molar-refractivity contribution in [1.29, 1.82) is 0 Å². The summed E-state index contributed by atoms with van der Waals surface area (Å²) in [5, 5.41) is 29.6. The molecule has 12 heteroatoms. The first-order valence-electron chi connectivity index (χ1n) is 8.76. The molecule has 2 aromatic carbocycles. The monoisotopic (exact) mass is 467 g/mol. The Kier molecular flexibility index (Phi) is 8.47. The second-order valence-corrected chi connectivity index (χ2v) is 7.05. The van der Waals surface area contributed by atoms with Gasteiger partial charge in [0, 0.05) is 11.3 Å². The summed E-state index contributed by atoms with van der Waals surface area (Å²) in [6.07, 6.45) is 0.780. The van der Waals surface area contributed by atoms with Crippen LogP contribution in [-0.4, -0.2) is 40.9 Å². The van der Waals surface area contributed by atoms with Crippen LogP contribution >= 0.6 is 23.2 Å². The molecule has 0 saturated heterocycles. The van der Waals surface area contributed by atoms with Crippen molar-refractivity contribution >= 4 is 53.0 Å². The minimum absolute atomic E-state index is 0.0892. The Morgan fingerprint density at radius 1 is 1.16 bits per heavy atom. The number of carboxylic acid groups (broad SMARTS) is 1. The number of phenolic OH excluding ortho intramolecular Hbond substituents is 1. The molecule has 1 atom stereocenters. The van der Waals surface area contributed by atoms with E-state index >= 15 is 0 Å². The van der Waals surface area contributed by atoms with E-state index in [0.717, 1.165) is 0 Å². The molecule has 0 bridgehead atoms. The average molecular weight is 468 g/mol. The zero-order valence-electron chi connectivity index (χ0n) is 15.9. The minimum Gasteiger partial charge on any atom is -0.505 e. The zero-order valence-corrected chi connectivity index (χ0v) is 17.4. The first-order valence-corrected chi connectivity index (χ1v) is 9.52. The Balaban J connectivity index is 2.04. The molecule has 7 N–H and O–H groups in total. The predicted molar refractivity (Wildman–Crippen MR) is 116 cm³/mol. The molecular formula is C19H19Cl2N5O5. The minimum atomic E-state index is -1.18. The van der Waals surface area contributed by atoms with Crippen LogP contribution in [0.3, 0.4) is 0 Å². The number of halogens is 2. The molecule has 0 fully saturated rings. The van der Waals surface area contributed by atoms with Crippen LogP contribution < -0.4 is 21.8 Å². The van der Waals surface area contributed by atoms with E-state index in [4.69, 9.17) is 34.2 Å². The lowest BCUT2D eigenvalue weighted by Gasteiger charge is -2.19. The number of carbonyl (C=O) groups is 3. The summed E-state index contributed by atoms with van der Waals surface area (Å²) in [6.45, 7) is -0.406. The molecule has 0 aromatic heterocycles. The van der Waals surface area contributed by atoms with Crippen molar-refractivity contribution in [2.75, 3.05) is 11.9 Å². The Labute approximate surface area is 187 Å². The van der Waals surface area contributed by atoms with Crippen molar-refractivity contribution in [2.24, 2.45) is 10.9 Å². The lowest BCUT2D eigenvalue weighted by molar-refractivity contribution is -0.137. The van der Waals surface area contributed by atoms with Gasteiger partial charge >= 0.3 is 5.97 Å². The van der Waals surface area contributed by atoms with Gasteiger partial charge < -0.3 is 32.0 Å². The van der Waals surface area contributed by atoms with E-state index in [-0.39, 0.29) is 26.9 Å². The number of nitrogens with zero attached hydrogens (tertiary/aromatic N) is 1. The molecule has 2 aromatic rings. The first-order chi connectivity index (χ1) is 14.7. The van der Waals surface area contributed by atoms with Crippen LogP contribution in [0, 0.1) is 0 Å². The number of carbonyl (C=O) groups excluding carboxylic acids is 2. The average Bonchev–Trinajstić information content (AvgIpc) is 2.73. The Morgan fingerprint density at radius 3 is 2.45 bits per heavy atom. The normalized spacial score (nSPS) is 11.7. The lowest BCUT2D eigenvalue weighted by atomic mass is 10.0. The second-order valence-electron chi connectivity index (χ2n) is 6.24. The number of aliphatic carboxylic acids is 1. The third-order valence-electron chi connectivity index (χ3n) is 4.00.